The molecule has 3 aliphatic rings. The zero-order chi connectivity index (χ0) is 20.4. The fourth-order valence-electron chi connectivity index (χ4n) is 6.23. The van der Waals surface area contributed by atoms with Crippen molar-refractivity contribution in [3.8, 4) is 17.2 Å². The number of rotatable bonds is 5. The number of phenols is 2. The van der Waals surface area contributed by atoms with Gasteiger partial charge in [0.1, 0.15) is 22.8 Å². The summed E-state index contributed by atoms with van der Waals surface area (Å²) in [4.78, 5) is 23.3. The Labute approximate surface area is 166 Å². The lowest BCUT2D eigenvalue weighted by Gasteiger charge is -2.43. The fraction of sp³-hybridized carbons (Fsp3) is 0.652. The molecule has 4 atom stereocenters. The minimum Gasteiger partial charge on any atom is -0.507 e. The Bertz CT molecular complexity index is 842. The van der Waals surface area contributed by atoms with Gasteiger partial charge in [-0.25, -0.2) is 0 Å². The Morgan fingerprint density at radius 1 is 1.04 bits per heavy atom. The Hall–Kier alpha value is -2.04. The third kappa shape index (κ3) is 2.44. The molecule has 2 aliphatic carbocycles. The molecule has 0 radical (unpaired) electrons. The molecule has 1 heterocycles. The number of aldehydes is 2. The minimum absolute atomic E-state index is 0.00886. The molecule has 0 bridgehead atoms. The summed E-state index contributed by atoms with van der Waals surface area (Å²) in [7, 11) is 0. The first-order chi connectivity index (χ1) is 13.2. The minimum atomic E-state index is -0.481. The highest BCUT2D eigenvalue weighted by atomic mass is 16.5. The van der Waals surface area contributed by atoms with Gasteiger partial charge >= 0.3 is 0 Å². The predicted molar refractivity (Wildman–Crippen MR) is 105 cm³/mol. The van der Waals surface area contributed by atoms with E-state index in [0.717, 1.165) is 32.1 Å². The van der Waals surface area contributed by atoms with Crippen LogP contribution in [0, 0.1) is 23.2 Å². The molecule has 2 N–H and O–H groups in total. The van der Waals surface area contributed by atoms with Crippen LogP contribution in [0.2, 0.25) is 0 Å². The van der Waals surface area contributed by atoms with Crippen molar-refractivity contribution in [1.29, 1.82) is 0 Å². The third-order valence-electron chi connectivity index (χ3n) is 7.72. The number of hydrogen-bond donors (Lipinski definition) is 2. The number of fused-ring (bicyclic) bond motifs is 3. The molecule has 0 saturated heterocycles. The highest BCUT2D eigenvalue weighted by Gasteiger charge is 2.71. The fourth-order valence-corrected chi connectivity index (χ4v) is 6.23. The van der Waals surface area contributed by atoms with Gasteiger partial charge in [-0.2, -0.15) is 0 Å². The molecule has 2 fully saturated rings. The van der Waals surface area contributed by atoms with Crippen molar-refractivity contribution in [2.75, 3.05) is 0 Å². The number of benzene rings is 1. The van der Waals surface area contributed by atoms with Crippen molar-refractivity contribution in [3.05, 3.63) is 16.7 Å². The van der Waals surface area contributed by atoms with E-state index in [4.69, 9.17) is 4.74 Å². The van der Waals surface area contributed by atoms with Gasteiger partial charge in [-0.05, 0) is 55.3 Å². The first-order valence-electron chi connectivity index (χ1n) is 10.4. The highest BCUT2D eigenvalue weighted by molar-refractivity contribution is 5.95. The average Bonchev–Trinajstić information content (AvgIpc) is 3.30. The second-order valence-corrected chi connectivity index (χ2v) is 9.85. The molecule has 1 aliphatic heterocycles. The topological polar surface area (TPSA) is 83.8 Å². The van der Waals surface area contributed by atoms with Gasteiger partial charge in [0.15, 0.2) is 12.6 Å². The lowest BCUT2D eigenvalue weighted by Crippen LogP contribution is -2.42. The molecular formula is C23H30O5. The zero-order valence-corrected chi connectivity index (χ0v) is 17.1. The summed E-state index contributed by atoms with van der Waals surface area (Å²) in [6.07, 6.45) is 5.74. The molecule has 5 heteroatoms. The molecule has 28 heavy (non-hydrogen) atoms. The maximum Gasteiger partial charge on any atom is 0.157 e. The molecule has 2 unspecified atom stereocenters. The van der Waals surface area contributed by atoms with E-state index in [2.05, 4.69) is 27.7 Å². The summed E-state index contributed by atoms with van der Waals surface area (Å²) in [5, 5.41) is 21.2. The van der Waals surface area contributed by atoms with Crippen molar-refractivity contribution >= 4 is 12.6 Å². The predicted octanol–water partition coefficient (Wildman–Crippen LogP) is 4.83. The Morgan fingerprint density at radius 2 is 1.71 bits per heavy atom. The molecule has 1 aromatic carbocycles. The van der Waals surface area contributed by atoms with Gasteiger partial charge in [-0.1, -0.05) is 27.7 Å². The van der Waals surface area contributed by atoms with Crippen molar-refractivity contribution < 1.29 is 24.5 Å². The lowest BCUT2D eigenvalue weighted by atomic mass is 9.75. The van der Waals surface area contributed by atoms with Crippen LogP contribution in [0.3, 0.4) is 0 Å². The maximum absolute atomic E-state index is 11.8. The molecule has 1 aromatic rings. The standard InChI is InChI=1S/C23H30O5/c1-12(2)7-14-8-23(6-5-22(13(3)4)9-17(22)23)28-21-16(11-25)19(26)15(10-24)20(27)18(14)21/h10-14,17,26-27H,5-9H2,1-4H3/t14?,17-,22?,23+/m0/s1. The Balaban J connectivity index is 1.88. The van der Waals surface area contributed by atoms with Gasteiger partial charge in [0.05, 0.1) is 11.1 Å². The first kappa shape index (κ1) is 19.3. The molecule has 5 nitrogen and oxygen atoms in total. The third-order valence-corrected chi connectivity index (χ3v) is 7.72. The Morgan fingerprint density at radius 3 is 2.21 bits per heavy atom. The largest absolute Gasteiger partial charge is 0.507 e. The van der Waals surface area contributed by atoms with E-state index in [1.54, 1.807) is 0 Å². The van der Waals surface area contributed by atoms with Crippen molar-refractivity contribution in [2.24, 2.45) is 23.2 Å². The molecule has 152 valence electrons. The number of hydrogen-bond acceptors (Lipinski definition) is 5. The summed E-state index contributed by atoms with van der Waals surface area (Å²) in [6.45, 7) is 8.80. The van der Waals surface area contributed by atoms with Crippen LogP contribution in [0.25, 0.3) is 0 Å². The summed E-state index contributed by atoms with van der Waals surface area (Å²) < 4.78 is 6.54. The van der Waals surface area contributed by atoms with E-state index in [1.807, 2.05) is 0 Å². The van der Waals surface area contributed by atoms with E-state index in [1.165, 1.54) is 0 Å². The van der Waals surface area contributed by atoms with E-state index in [9.17, 15) is 19.8 Å². The second-order valence-electron chi connectivity index (χ2n) is 9.85. The van der Waals surface area contributed by atoms with Gasteiger partial charge in [-0.15, -0.1) is 0 Å². The quantitative estimate of drug-likeness (QED) is 0.708. The molecule has 0 amide bonds. The summed E-state index contributed by atoms with van der Waals surface area (Å²) >= 11 is 0. The van der Waals surface area contributed by atoms with Gasteiger partial charge in [-0.3, -0.25) is 9.59 Å². The van der Waals surface area contributed by atoms with E-state index in [0.29, 0.717) is 47.1 Å². The van der Waals surface area contributed by atoms with Gasteiger partial charge in [0.25, 0.3) is 0 Å². The monoisotopic (exact) mass is 386 g/mol. The number of carbonyl (C=O) groups excluding carboxylic acids is 2. The van der Waals surface area contributed by atoms with Crippen molar-refractivity contribution in [2.45, 2.75) is 71.3 Å². The molecule has 1 spiro atoms. The number of ether oxygens (including phenoxy) is 1. The molecule has 0 aromatic heterocycles. The smallest absolute Gasteiger partial charge is 0.157 e. The Kier molecular flexibility index (Phi) is 4.29. The summed E-state index contributed by atoms with van der Waals surface area (Å²) in [6, 6.07) is 0. The lowest BCUT2D eigenvalue weighted by molar-refractivity contribution is 0.0145. The van der Waals surface area contributed by atoms with Crippen LogP contribution in [0.4, 0.5) is 0 Å². The van der Waals surface area contributed by atoms with Crippen LogP contribution in [-0.2, 0) is 0 Å². The first-order valence-corrected chi connectivity index (χ1v) is 10.4. The second kappa shape index (κ2) is 6.23. The average molecular weight is 386 g/mol. The number of phenolic OH excluding ortho intramolecular Hbond substituents is 2. The van der Waals surface area contributed by atoms with E-state index < -0.39 is 5.75 Å². The van der Waals surface area contributed by atoms with E-state index >= 15 is 0 Å². The van der Waals surface area contributed by atoms with Gasteiger partial charge < -0.3 is 14.9 Å². The van der Waals surface area contributed by atoms with Crippen molar-refractivity contribution in [3.63, 3.8) is 0 Å². The van der Waals surface area contributed by atoms with Crippen LogP contribution in [-0.4, -0.2) is 28.4 Å². The van der Waals surface area contributed by atoms with Crippen LogP contribution in [0.1, 0.15) is 92.0 Å². The van der Waals surface area contributed by atoms with Gasteiger partial charge in [0, 0.05) is 11.5 Å². The van der Waals surface area contributed by atoms with Crippen LogP contribution < -0.4 is 4.74 Å². The van der Waals surface area contributed by atoms with Crippen LogP contribution >= 0.6 is 0 Å². The maximum atomic E-state index is 11.8. The number of aromatic hydroxyl groups is 2. The molecular weight excluding hydrogens is 356 g/mol. The summed E-state index contributed by atoms with van der Waals surface area (Å²) in [5.41, 5.74) is 0.252. The van der Waals surface area contributed by atoms with Crippen molar-refractivity contribution in [1.82, 2.24) is 0 Å². The highest BCUT2D eigenvalue weighted by Crippen LogP contribution is 2.74. The molecule has 2 saturated carbocycles. The van der Waals surface area contributed by atoms with E-state index in [-0.39, 0.29) is 28.4 Å². The SMILES string of the molecule is CC(C)CC1C[C@@]2(CCC3(C(C)C)C[C@@H]32)Oc2c(C=O)c(O)c(C=O)c(O)c21. The zero-order valence-electron chi connectivity index (χ0n) is 17.1. The summed E-state index contributed by atoms with van der Waals surface area (Å²) in [5.74, 6) is 0.968. The van der Waals surface area contributed by atoms with Crippen LogP contribution in [0.15, 0.2) is 0 Å². The normalized spacial score (nSPS) is 32.9. The van der Waals surface area contributed by atoms with Crippen LogP contribution in [0.5, 0.6) is 17.2 Å². The number of carbonyl (C=O) groups is 2. The molecule has 4 rings (SSSR count). The van der Waals surface area contributed by atoms with Gasteiger partial charge in [0.2, 0.25) is 0 Å².